The van der Waals surface area contributed by atoms with E-state index in [-0.39, 0.29) is 11.4 Å². The Hall–Kier alpha value is -4.07. The van der Waals surface area contributed by atoms with Crippen molar-refractivity contribution in [3.05, 3.63) is 78.0 Å². The van der Waals surface area contributed by atoms with Gasteiger partial charge in [-0.1, -0.05) is 18.2 Å². The van der Waals surface area contributed by atoms with Crippen LogP contribution in [0.1, 0.15) is 23.0 Å². The van der Waals surface area contributed by atoms with E-state index < -0.39 is 11.9 Å². The summed E-state index contributed by atoms with van der Waals surface area (Å²) in [6.45, 7) is 3.01. The molecule has 0 spiro atoms. The molecule has 30 heavy (non-hydrogen) atoms. The van der Waals surface area contributed by atoms with Crippen LogP contribution in [0.15, 0.2) is 60.9 Å². The summed E-state index contributed by atoms with van der Waals surface area (Å²) < 4.78 is 20.2. The van der Waals surface area contributed by atoms with Crippen molar-refractivity contribution < 1.29 is 18.7 Å². The fourth-order valence-electron chi connectivity index (χ4n) is 3.11. The lowest BCUT2D eigenvalue weighted by atomic mass is 10.2. The summed E-state index contributed by atoms with van der Waals surface area (Å²) in [5.41, 5.74) is 4.70. The molecular weight excluding hydrogens is 387 g/mol. The smallest absolute Gasteiger partial charge is 0.308 e. The molecule has 1 N–H and O–H groups in total. The van der Waals surface area contributed by atoms with Gasteiger partial charge in [0.25, 0.3) is 5.91 Å². The van der Waals surface area contributed by atoms with Gasteiger partial charge in [0.2, 0.25) is 0 Å². The third-order valence-corrected chi connectivity index (χ3v) is 4.48. The summed E-state index contributed by atoms with van der Waals surface area (Å²) >= 11 is 0. The zero-order valence-corrected chi connectivity index (χ0v) is 16.2. The second kappa shape index (κ2) is 7.75. The Bertz CT molecular complexity index is 1280. The van der Waals surface area contributed by atoms with Crippen LogP contribution in [-0.4, -0.2) is 26.5 Å². The molecule has 8 heteroatoms. The lowest BCUT2D eigenvalue weighted by Gasteiger charge is -2.11. The van der Waals surface area contributed by atoms with E-state index >= 15 is 0 Å². The Morgan fingerprint density at radius 2 is 1.93 bits per heavy atom. The van der Waals surface area contributed by atoms with Gasteiger partial charge in [-0.2, -0.15) is 0 Å². The Labute approximate surface area is 171 Å². The largest absolute Gasteiger partial charge is 0.426 e. The molecule has 0 saturated carbocycles. The van der Waals surface area contributed by atoms with Crippen molar-refractivity contribution in [1.82, 2.24) is 14.6 Å². The van der Waals surface area contributed by atoms with Gasteiger partial charge in [-0.3, -0.25) is 19.7 Å². The fourth-order valence-corrected chi connectivity index (χ4v) is 3.11. The summed E-state index contributed by atoms with van der Waals surface area (Å²) in [6, 6.07) is 12.9. The molecule has 0 radical (unpaired) electrons. The summed E-state index contributed by atoms with van der Waals surface area (Å²) in [5.74, 6) is -0.477. The molecule has 0 atom stereocenters. The van der Waals surface area contributed by atoms with Gasteiger partial charge >= 0.3 is 5.97 Å². The zero-order valence-electron chi connectivity index (χ0n) is 16.2. The highest BCUT2D eigenvalue weighted by Crippen LogP contribution is 2.26. The number of hydrogen-bond acceptors (Lipinski definition) is 5. The van der Waals surface area contributed by atoms with Gasteiger partial charge in [0.1, 0.15) is 11.6 Å². The highest BCUT2D eigenvalue weighted by Gasteiger charge is 2.15. The number of hydrogen-bond donors (Lipinski definition) is 1. The summed E-state index contributed by atoms with van der Waals surface area (Å²) in [4.78, 5) is 32.6. The molecule has 4 rings (SSSR count). The molecule has 0 fully saturated rings. The zero-order chi connectivity index (χ0) is 21.3. The van der Waals surface area contributed by atoms with Crippen molar-refractivity contribution in [3.63, 3.8) is 0 Å². The fraction of sp³-hybridized carbons (Fsp3) is 0.0909. The number of fused-ring (bicyclic) bond motifs is 1. The van der Waals surface area contributed by atoms with E-state index in [0.717, 1.165) is 0 Å². The normalized spacial score (nSPS) is 10.8. The monoisotopic (exact) mass is 404 g/mol. The number of benzene rings is 2. The topological polar surface area (TPSA) is 86.1 Å². The van der Waals surface area contributed by atoms with Crippen LogP contribution < -0.4 is 10.2 Å². The molecule has 0 bridgehead atoms. The van der Waals surface area contributed by atoms with Crippen LogP contribution in [0.4, 0.5) is 4.39 Å². The first-order chi connectivity index (χ1) is 14.4. The second-order valence-electron chi connectivity index (χ2n) is 6.61. The molecule has 7 nitrogen and oxygen atoms in total. The molecule has 4 aromatic rings. The maximum atomic E-state index is 13.4. The third-order valence-electron chi connectivity index (χ3n) is 4.48. The number of nitrogens with zero attached hydrogens (tertiary/aromatic N) is 3. The second-order valence-corrected chi connectivity index (χ2v) is 6.61. The van der Waals surface area contributed by atoms with E-state index in [0.29, 0.717) is 33.7 Å². The van der Waals surface area contributed by atoms with Crippen LogP contribution in [0, 0.1) is 12.7 Å². The Morgan fingerprint density at radius 3 is 2.67 bits per heavy atom. The summed E-state index contributed by atoms with van der Waals surface area (Å²) in [7, 11) is 0. The van der Waals surface area contributed by atoms with Crippen LogP contribution in [0.5, 0.6) is 5.75 Å². The van der Waals surface area contributed by atoms with Gasteiger partial charge in [0.15, 0.2) is 5.82 Å². The summed E-state index contributed by atoms with van der Waals surface area (Å²) in [6.07, 6.45) is 3.07. The van der Waals surface area contributed by atoms with E-state index in [1.54, 1.807) is 49.5 Å². The van der Waals surface area contributed by atoms with Crippen LogP contribution >= 0.6 is 0 Å². The highest BCUT2D eigenvalue weighted by atomic mass is 19.1. The van der Waals surface area contributed by atoms with Crippen molar-refractivity contribution in [2.45, 2.75) is 13.8 Å². The molecule has 0 aliphatic heterocycles. The standard InChI is InChI=1S/C22H17FN4O3/c1-13-18(12-24-21(25-13)15-5-3-6-16(23)11-15)22(29)26-27-10-9-17-19(27)7-4-8-20(17)30-14(2)28/h3-12H,1-2H3,(H,26,29). The third kappa shape index (κ3) is 3.75. The minimum atomic E-state index is -0.426. The molecule has 150 valence electrons. The van der Waals surface area contributed by atoms with Crippen molar-refractivity contribution >= 4 is 22.8 Å². The molecule has 0 aliphatic rings. The molecule has 2 heterocycles. The average molecular weight is 404 g/mol. The summed E-state index contributed by atoms with van der Waals surface area (Å²) in [5, 5.41) is 0.683. The molecule has 1 amide bonds. The van der Waals surface area contributed by atoms with Gasteiger partial charge in [-0.25, -0.2) is 14.4 Å². The van der Waals surface area contributed by atoms with E-state index in [9.17, 15) is 14.0 Å². The maximum absolute atomic E-state index is 13.4. The van der Waals surface area contributed by atoms with Gasteiger partial charge in [-0.05, 0) is 37.3 Å². The van der Waals surface area contributed by atoms with E-state index in [1.165, 1.54) is 29.9 Å². The molecular formula is C22H17FN4O3. The first-order valence-electron chi connectivity index (χ1n) is 9.12. The SMILES string of the molecule is CC(=O)Oc1cccc2c1ccn2NC(=O)c1cnc(-c2cccc(F)c2)nc1C. The van der Waals surface area contributed by atoms with E-state index in [4.69, 9.17) is 4.74 Å². The molecule has 0 unspecified atom stereocenters. The molecule has 0 saturated heterocycles. The number of esters is 1. The Morgan fingerprint density at radius 1 is 1.13 bits per heavy atom. The van der Waals surface area contributed by atoms with Crippen molar-refractivity contribution in [2.75, 3.05) is 5.43 Å². The van der Waals surface area contributed by atoms with Crippen LogP contribution in [0.3, 0.4) is 0 Å². The lowest BCUT2D eigenvalue weighted by Crippen LogP contribution is -2.23. The van der Waals surface area contributed by atoms with E-state index in [1.807, 2.05) is 0 Å². The van der Waals surface area contributed by atoms with Crippen molar-refractivity contribution in [3.8, 4) is 17.1 Å². The minimum Gasteiger partial charge on any atom is -0.426 e. The number of ether oxygens (including phenoxy) is 1. The molecule has 0 aliphatic carbocycles. The maximum Gasteiger partial charge on any atom is 0.308 e. The van der Waals surface area contributed by atoms with Gasteiger partial charge < -0.3 is 4.74 Å². The molecule has 2 aromatic heterocycles. The van der Waals surface area contributed by atoms with Crippen LogP contribution in [0.2, 0.25) is 0 Å². The van der Waals surface area contributed by atoms with Crippen molar-refractivity contribution in [2.24, 2.45) is 0 Å². The number of aromatic nitrogens is 3. The first-order valence-corrected chi connectivity index (χ1v) is 9.12. The number of halogens is 1. The first kappa shape index (κ1) is 19.3. The average Bonchev–Trinajstić information content (AvgIpc) is 3.11. The highest BCUT2D eigenvalue weighted by molar-refractivity contribution is 6.02. The van der Waals surface area contributed by atoms with Gasteiger partial charge in [-0.15, -0.1) is 0 Å². The van der Waals surface area contributed by atoms with Gasteiger partial charge in [0.05, 0.1) is 16.8 Å². The number of nitrogens with one attached hydrogen (secondary N) is 1. The minimum absolute atomic E-state index is 0.285. The predicted octanol–water partition coefficient (Wildman–Crippen LogP) is 3.86. The van der Waals surface area contributed by atoms with E-state index in [2.05, 4.69) is 15.4 Å². The number of aryl methyl sites for hydroxylation is 1. The van der Waals surface area contributed by atoms with Gasteiger partial charge in [0, 0.05) is 30.3 Å². The van der Waals surface area contributed by atoms with Crippen LogP contribution in [0.25, 0.3) is 22.3 Å². The predicted molar refractivity (Wildman–Crippen MR) is 109 cm³/mol. The lowest BCUT2D eigenvalue weighted by molar-refractivity contribution is -0.131. The van der Waals surface area contributed by atoms with Crippen molar-refractivity contribution in [1.29, 1.82) is 0 Å². The quantitative estimate of drug-likeness (QED) is 0.412. The number of amides is 1. The number of carbonyl (C=O) groups excluding carboxylic acids is 2. The Balaban J connectivity index is 1.61. The number of carbonyl (C=O) groups is 2. The Kier molecular flexibility index (Phi) is 4.97. The van der Waals surface area contributed by atoms with Crippen LogP contribution in [-0.2, 0) is 4.79 Å². The molecule has 2 aromatic carbocycles. The number of rotatable bonds is 4.